The number of rotatable bonds is 8. The molecule has 1 aliphatic rings. The van der Waals surface area contributed by atoms with E-state index in [1.807, 2.05) is 36.4 Å². The van der Waals surface area contributed by atoms with E-state index in [-0.39, 0.29) is 15.8 Å². The topological polar surface area (TPSA) is 82.2 Å². The zero-order valence-corrected chi connectivity index (χ0v) is 18.3. The number of nitrogens with zero attached hydrogens (tertiary/aromatic N) is 2. The first-order chi connectivity index (χ1) is 15.0. The Hall–Kier alpha value is -3.10. The van der Waals surface area contributed by atoms with Gasteiger partial charge in [-0.05, 0) is 53.5 Å². The fourth-order valence-corrected chi connectivity index (χ4v) is 7.20. The van der Waals surface area contributed by atoms with Crippen molar-refractivity contribution in [2.45, 2.75) is 23.0 Å². The van der Waals surface area contributed by atoms with E-state index in [1.54, 1.807) is 12.3 Å². The normalized spacial score (nSPS) is 15.3. The fraction of sp³-hybridized carbons (Fsp3) is 0.130. The summed E-state index contributed by atoms with van der Waals surface area (Å²) in [6.45, 7) is 0. The number of non-ortho nitro benzene ring substituents is 1. The first-order valence-electron chi connectivity index (χ1n) is 9.80. The predicted molar refractivity (Wildman–Crippen MR) is 125 cm³/mol. The van der Waals surface area contributed by atoms with E-state index in [0.29, 0.717) is 0 Å². The van der Waals surface area contributed by atoms with E-state index in [0.717, 1.165) is 18.5 Å². The summed E-state index contributed by atoms with van der Waals surface area (Å²) in [6.07, 6.45) is 7.23. The maximum Gasteiger partial charge on any atom is 0.269 e. The fourth-order valence-electron chi connectivity index (χ4n) is 3.66. The van der Waals surface area contributed by atoms with Crippen molar-refractivity contribution in [3.05, 3.63) is 117 Å². The monoisotopic (exact) mass is 454 g/mol. The maximum atomic E-state index is 13.4. The van der Waals surface area contributed by atoms with Gasteiger partial charge in [0.05, 0.1) is 9.82 Å². The largest absolute Gasteiger partial charge is 0.269 e. The Labute approximate surface area is 184 Å². The Morgan fingerprint density at radius 2 is 1.61 bits per heavy atom. The average molecular weight is 455 g/mol. The van der Waals surface area contributed by atoms with Gasteiger partial charge in [0.15, 0.2) is 0 Å². The Morgan fingerprint density at radius 1 is 0.935 bits per heavy atom. The second-order valence-electron chi connectivity index (χ2n) is 7.16. The summed E-state index contributed by atoms with van der Waals surface area (Å²) in [7, 11) is -4.51. The van der Waals surface area contributed by atoms with Crippen LogP contribution in [0.25, 0.3) is 0 Å². The van der Waals surface area contributed by atoms with Crippen LogP contribution in [0.1, 0.15) is 22.9 Å². The van der Waals surface area contributed by atoms with Crippen LogP contribution in [-0.4, -0.2) is 17.3 Å². The minimum atomic E-state index is -3.87. The SMILES string of the molecule is O=[N+]([O-])c1ccc(S(=O)(=O)n2cccc2[C@@H](CCc2ccccc2)[SH]2C=CC=C2)cc1. The molecule has 160 valence electrons. The molecule has 31 heavy (non-hydrogen) atoms. The second-order valence-corrected chi connectivity index (χ2v) is 11.1. The molecule has 0 aliphatic carbocycles. The predicted octanol–water partition coefficient (Wildman–Crippen LogP) is 5.35. The molecular weight excluding hydrogens is 432 g/mol. The molecule has 0 spiro atoms. The summed E-state index contributed by atoms with van der Waals surface area (Å²) in [5.41, 5.74) is 1.81. The Balaban J connectivity index is 1.68. The molecule has 1 aromatic heterocycles. The molecule has 1 aliphatic heterocycles. The van der Waals surface area contributed by atoms with Crippen molar-refractivity contribution in [1.82, 2.24) is 3.97 Å². The van der Waals surface area contributed by atoms with Crippen LogP contribution < -0.4 is 0 Å². The van der Waals surface area contributed by atoms with Gasteiger partial charge in [0, 0.05) is 29.3 Å². The molecule has 3 aromatic rings. The van der Waals surface area contributed by atoms with Crippen LogP contribution in [-0.2, 0) is 16.4 Å². The molecule has 2 heterocycles. The molecule has 1 atom stereocenters. The summed E-state index contributed by atoms with van der Waals surface area (Å²) >= 11 is 0. The van der Waals surface area contributed by atoms with Gasteiger partial charge < -0.3 is 0 Å². The van der Waals surface area contributed by atoms with Gasteiger partial charge in [0.25, 0.3) is 15.7 Å². The third-order valence-electron chi connectivity index (χ3n) is 5.23. The van der Waals surface area contributed by atoms with Gasteiger partial charge in [0.2, 0.25) is 0 Å². The lowest BCUT2D eigenvalue weighted by Crippen LogP contribution is -2.17. The first kappa shape index (κ1) is 21.1. The highest BCUT2D eigenvalue weighted by atomic mass is 32.2. The van der Waals surface area contributed by atoms with Gasteiger partial charge in [-0.1, -0.05) is 42.5 Å². The Morgan fingerprint density at radius 3 is 2.26 bits per heavy atom. The molecule has 4 rings (SSSR count). The lowest BCUT2D eigenvalue weighted by molar-refractivity contribution is -0.384. The van der Waals surface area contributed by atoms with E-state index in [1.165, 1.54) is 33.8 Å². The van der Waals surface area contributed by atoms with Gasteiger partial charge >= 0.3 is 0 Å². The lowest BCUT2D eigenvalue weighted by Gasteiger charge is -2.26. The summed E-state index contributed by atoms with van der Waals surface area (Å²) in [6, 6.07) is 18.8. The van der Waals surface area contributed by atoms with Crippen LogP contribution in [0.2, 0.25) is 0 Å². The highest BCUT2D eigenvalue weighted by Gasteiger charge is 2.27. The van der Waals surface area contributed by atoms with Crippen molar-refractivity contribution in [2.24, 2.45) is 0 Å². The van der Waals surface area contributed by atoms with Gasteiger partial charge in [0.1, 0.15) is 0 Å². The number of hydrogen-bond acceptors (Lipinski definition) is 4. The van der Waals surface area contributed by atoms with Crippen molar-refractivity contribution in [1.29, 1.82) is 0 Å². The quantitative estimate of drug-likeness (QED) is 0.283. The number of nitro groups is 1. The van der Waals surface area contributed by atoms with Crippen molar-refractivity contribution in [3.63, 3.8) is 0 Å². The molecule has 0 N–H and O–H groups in total. The van der Waals surface area contributed by atoms with E-state index in [2.05, 4.69) is 22.9 Å². The summed E-state index contributed by atoms with van der Waals surface area (Å²) in [5, 5.41) is 15.3. The number of allylic oxidation sites excluding steroid dienone is 2. The molecule has 0 unspecified atom stereocenters. The Kier molecular flexibility index (Phi) is 6.11. The minimum absolute atomic E-state index is 0.0302. The number of aryl methyl sites for hydroxylation is 1. The number of hydrogen-bond donors (Lipinski definition) is 1. The molecule has 0 saturated carbocycles. The van der Waals surface area contributed by atoms with Gasteiger partial charge in [-0.25, -0.2) is 23.3 Å². The van der Waals surface area contributed by atoms with Gasteiger partial charge in [-0.2, -0.15) is 0 Å². The van der Waals surface area contributed by atoms with Crippen LogP contribution in [0.4, 0.5) is 5.69 Å². The van der Waals surface area contributed by atoms with Gasteiger partial charge in [-0.3, -0.25) is 10.1 Å². The molecule has 6 nitrogen and oxygen atoms in total. The first-order valence-corrected chi connectivity index (χ1v) is 12.8. The van der Waals surface area contributed by atoms with Crippen molar-refractivity contribution < 1.29 is 13.3 Å². The highest BCUT2D eigenvalue weighted by Crippen LogP contribution is 2.50. The zero-order chi connectivity index (χ0) is 21.8. The molecule has 0 radical (unpaired) electrons. The zero-order valence-electron chi connectivity index (χ0n) is 16.6. The molecule has 0 bridgehead atoms. The van der Waals surface area contributed by atoms with E-state index in [9.17, 15) is 18.5 Å². The molecule has 0 saturated heterocycles. The summed E-state index contributed by atoms with van der Waals surface area (Å²) in [5.74, 6) is 0. The molecular formula is C23H22N2O4S2. The number of aromatic nitrogens is 1. The van der Waals surface area contributed by atoms with Crippen LogP contribution >= 0.6 is 10.9 Å². The summed E-state index contributed by atoms with van der Waals surface area (Å²) < 4.78 is 28.0. The van der Waals surface area contributed by atoms with Crippen LogP contribution in [0, 0.1) is 10.1 Å². The smallest absolute Gasteiger partial charge is 0.258 e. The van der Waals surface area contributed by atoms with Crippen LogP contribution in [0.15, 0.2) is 101 Å². The highest BCUT2D eigenvalue weighted by molar-refractivity contribution is 8.22. The average Bonchev–Trinajstić information content (AvgIpc) is 3.48. The molecule has 2 aromatic carbocycles. The minimum Gasteiger partial charge on any atom is -0.258 e. The van der Waals surface area contributed by atoms with Crippen molar-refractivity contribution in [3.8, 4) is 0 Å². The molecule has 0 fully saturated rings. The number of benzene rings is 2. The molecule has 0 amide bonds. The third kappa shape index (κ3) is 4.50. The van der Waals surface area contributed by atoms with E-state index in [4.69, 9.17) is 0 Å². The van der Waals surface area contributed by atoms with E-state index >= 15 is 0 Å². The third-order valence-corrected chi connectivity index (χ3v) is 9.22. The lowest BCUT2D eigenvalue weighted by atomic mass is 10.1. The van der Waals surface area contributed by atoms with Gasteiger partial charge in [-0.15, -0.1) is 0 Å². The van der Waals surface area contributed by atoms with Crippen LogP contribution in [0.3, 0.4) is 0 Å². The van der Waals surface area contributed by atoms with E-state index < -0.39 is 25.8 Å². The Bertz CT molecular complexity index is 1220. The summed E-state index contributed by atoms with van der Waals surface area (Å²) in [4.78, 5) is 10.4. The molecule has 8 heteroatoms. The standard InChI is InChI=1S/C23H22N2O4S2/c26-25(27)20-11-13-21(14-12-20)31(28,29)24-16-6-9-22(24)23(30-17-4-5-18-30)15-10-19-7-2-1-3-8-19/h1-9,11-14,16-18,23,30H,10,15H2/t23-/m1/s1. The number of thiol groups is 1. The van der Waals surface area contributed by atoms with Crippen molar-refractivity contribution in [2.75, 3.05) is 0 Å². The second kappa shape index (κ2) is 8.95. The number of nitro benzene ring substituents is 1. The van der Waals surface area contributed by atoms with Crippen molar-refractivity contribution >= 4 is 26.6 Å². The van der Waals surface area contributed by atoms with Crippen LogP contribution in [0.5, 0.6) is 0 Å². The maximum absolute atomic E-state index is 13.4.